The highest BCUT2D eigenvalue weighted by atomic mass is 79.9. The molecule has 0 radical (unpaired) electrons. The van der Waals surface area contributed by atoms with Crippen molar-refractivity contribution in [1.29, 1.82) is 0 Å². The maximum Gasteiger partial charge on any atom is 0.175 e. The lowest BCUT2D eigenvalue weighted by Crippen LogP contribution is -2.27. The molecule has 1 saturated carbocycles. The zero-order valence-electron chi connectivity index (χ0n) is 12.5. The fourth-order valence-electron chi connectivity index (χ4n) is 3.13. The molecule has 1 heterocycles. The predicted octanol–water partition coefficient (Wildman–Crippen LogP) is 4.42. The topological polar surface area (TPSA) is 30.5 Å². The van der Waals surface area contributed by atoms with Gasteiger partial charge in [0.05, 0.1) is 17.7 Å². The Labute approximate surface area is 135 Å². The molecule has 0 unspecified atom stereocenters. The molecule has 0 bridgehead atoms. The number of hydrogen-bond acceptors (Lipinski definition) is 3. The Kier molecular flexibility index (Phi) is 5.42. The van der Waals surface area contributed by atoms with Crippen LogP contribution < -0.4 is 14.8 Å². The molecule has 21 heavy (non-hydrogen) atoms. The minimum Gasteiger partial charge on any atom is -0.490 e. The van der Waals surface area contributed by atoms with Gasteiger partial charge in [0.25, 0.3) is 0 Å². The summed E-state index contributed by atoms with van der Waals surface area (Å²) in [5.41, 5.74) is 1.26. The molecule has 1 aliphatic carbocycles. The molecule has 1 aromatic carbocycles. The molecule has 0 atom stereocenters. The standard InChI is InChI=1S/C17H24BrNO2/c18-15-10-13(11-16-17(15)21-9-5-8-20-16)12-19-14-6-3-1-2-4-7-14/h10-11,14,19H,1-9,12H2. The minimum atomic E-state index is 0.669. The number of hydrogen-bond donors (Lipinski definition) is 1. The van der Waals surface area contributed by atoms with Crippen LogP contribution in [0.1, 0.15) is 50.5 Å². The lowest BCUT2D eigenvalue weighted by molar-refractivity contribution is 0.296. The number of benzene rings is 1. The third-order valence-electron chi connectivity index (χ3n) is 4.31. The molecule has 1 aromatic rings. The molecular formula is C17H24BrNO2. The second-order valence-corrected chi connectivity index (χ2v) is 6.88. The lowest BCUT2D eigenvalue weighted by atomic mass is 10.1. The fraction of sp³-hybridized carbons (Fsp3) is 0.647. The molecule has 4 heteroatoms. The smallest absolute Gasteiger partial charge is 0.175 e. The van der Waals surface area contributed by atoms with E-state index in [-0.39, 0.29) is 0 Å². The SMILES string of the molecule is Brc1cc(CNC2CCCCCC2)cc2c1OCCCO2. The van der Waals surface area contributed by atoms with Crippen molar-refractivity contribution in [3.8, 4) is 11.5 Å². The Morgan fingerprint density at radius 2 is 1.76 bits per heavy atom. The third kappa shape index (κ3) is 4.13. The van der Waals surface area contributed by atoms with Gasteiger partial charge in [0.2, 0.25) is 0 Å². The Balaban J connectivity index is 1.65. The molecule has 116 valence electrons. The number of rotatable bonds is 3. The van der Waals surface area contributed by atoms with Crippen LogP contribution in [-0.4, -0.2) is 19.3 Å². The molecule has 0 aromatic heterocycles. The largest absolute Gasteiger partial charge is 0.490 e. The van der Waals surface area contributed by atoms with Crippen molar-refractivity contribution in [3.63, 3.8) is 0 Å². The molecule has 0 amide bonds. The monoisotopic (exact) mass is 353 g/mol. The summed E-state index contributed by atoms with van der Waals surface area (Å²) in [4.78, 5) is 0. The molecule has 3 nitrogen and oxygen atoms in total. The highest BCUT2D eigenvalue weighted by molar-refractivity contribution is 9.10. The van der Waals surface area contributed by atoms with Gasteiger partial charge in [0.15, 0.2) is 11.5 Å². The predicted molar refractivity (Wildman–Crippen MR) is 88.1 cm³/mol. The molecule has 1 N–H and O–H groups in total. The van der Waals surface area contributed by atoms with E-state index in [1.54, 1.807) is 0 Å². The molecule has 0 spiro atoms. The van der Waals surface area contributed by atoms with Crippen LogP contribution in [0.5, 0.6) is 11.5 Å². The van der Waals surface area contributed by atoms with Crippen molar-refractivity contribution in [2.24, 2.45) is 0 Å². The molecular weight excluding hydrogens is 330 g/mol. The van der Waals surface area contributed by atoms with Crippen molar-refractivity contribution in [2.45, 2.75) is 57.5 Å². The average Bonchev–Trinajstić information content (AvgIpc) is 2.87. The minimum absolute atomic E-state index is 0.669. The number of halogens is 1. The van der Waals surface area contributed by atoms with Crippen LogP contribution in [0.15, 0.2) is 16.6 Å². The van der Waals surface area contributed by atoms with Gasteiger partial charge in [-0.1, -0.05) is 25.7 Å². The second-order valence-electron chi connectivity index (χ2n) is 6.02. The van der Waals surface area contributed by atoms with Crippen molar-refractivity contribution < 1.29 is 9.47 Å². The Hall–Kier alpha value is -0.740. The van der Waals surface area contributed by atoms with E-state index in [2.05, 4.69) is 33.4 Å². The van der Waals surface area contributed by atoms with E-state index in [0.29, 0.717) is 6.04 Å². The van der Waals surface area contributed by atoms with Crippen LogP contribution in [0.25, 0.3) is 0 Å². The number of fused-ring (bicyclic) bond motifs is 1. The van der Waals surface area contributed by atoms with Gasteiger partial charge in [-0.3, -0.25) is 0 Å². The van der Waals surface area contributed by atoms with Crippen molar-refractivity contribution in [1.82, 2.24) is 5.32 Å². The summed E-state index contributed by atoms with van der Waals surface area (Å²) in [7, 11) is 0. The van der Waals surface area contributed by atoms with E-state index in [0.717, 1.165) is 42.2 Å². The van der Waals surface area contributed by atoms with Gasteiger partial charge in [0.1, 0.15) is 0 Å². The van der Waals surface area contributed by atoms with E-state index in [9.17, 15) is 0 Å². The summed E-state index contributed by atoms with van der Waals surface area (Å²) < 4.78 is 12.6. The average molecular weight is 354 g/mol. The summed E-state index contributed by atoms with van der Waals surface area (Å²) >= 11 is 3.61. The maximum atomic E-state index is 5.80. The molecule has 2 aliphatic rings. The normalized spacial score (nSPS) is 19.9. The first-order chi connectivity index (χ1) is 10.3. The maximum absolute atomic E-state index is 5.80. The van der Waals surface area contributed by atoms with Crippen LogP contribution in [0, 0.1) is 0 Å². The van der Waals surface area contributed by atoms with Crippen LogP contribution in [0.3, 0.4) is 0 Å². The third-order valence-corrected chi connectivity index (χ3v) is 4.90. The van der Waals surface area contributed by atoms with Crippen molar-refractivity contribution in [2.75, 3.05) is 13.2 Å². The van der Waals surface area contributed by atoms with Gasteiger partial charge in [-0.25, -0.2) is 0 Å². The van der Waals surface area contributed by atoms with Gasteiger partial charge < -0.3 is 14.8 Å². The van der Waals surface area contributed by atoms with Crippen LogP contribution in [0.2, 0.25) is 0 Å². The molecule has 1 aliphatic heterocycles. The summed E-state index contributed by atoms with van der Waals surface area (Å²) in [5.74, 6) is 1.73. The van der Waals surface area contributed by atoms with E-state index in [4.69, 9.17) is 9.47 Å². The van der Waals surface area contributed by atoms with Gasteiger partial charge >= 0.3 is 0 Å². The number of nitrogens with one attached hydrogen (secondary N) is 1. The van der Waals surface area contributed by atoms with E-state index >= 15 is 0 Å². The quantitative estimate of drug-likeness (QED) is 0.815. The Bertz CT molecular complexity index is 470. The summed E-state index contributed by atoms with van der Waals surface area (Å²) in [5, 5.41) is 3.71. The van der Waals surface area contributed by atoms with Crippen LogP contribution >= 0.6 is 15.9 Å². The molecule has 0 saturated heterocycles. The first-order valence-corrected chi connectivity index (χ1v) is 8.93. The summed E-state index contributed by atoms with van der Waals surface area (Å²) in [6.45, 7) is 2.37. The highest BCUT2D eigenvalue weighted by Gasteiger charge is 2.16. The molecule has 3 rings (SSSR count). The van der Waals surface area contributed by atoms with E-state index < -0.39 is 0 Å². The van der Waals surface area contributed by atoms with Gasteiger partial charge in [-0.05, 0) is 46.5 Å². The lowest BCUT2D eigenvalue weighted by Gasteiger charge is -2.17. The first-order valence-electron chi connectivity index (χ1n) is 8.14. The first kappa shape index (κ1) is 15.2. The second kappa shape index (κ2) is 7.50. The van der Waals surface area contributed by atoms with Crippen molar-refractivity contribution in [3.05, 3.63) is 22.2 Å². The Morgan fingerprint density at radius 1 is 1.00 bits per heavy atom. The zero-order valence-corrected chi connectivity index (χ0v) is 14.1. The fourth-order valence-corrected chi connectivity index (χ4v) is 3.74. The van der Waals surface area contributed by atoms with Gasteiger partial charge in [-0.2, -0.15) is 0 Å². The molecule has 1 fully saturated rings. The zero-order chi connectivity index (χ0) is 14.5. The van der Waals surface area contributed by atoms with Crippen LogP contribution in [0.4, 0.5) is 0 Å². The van der Waals surface area contributed by atoms with Gasteiger partial charge in [-0.15, -0.1) is 0 Å². The summed E-state index contributed by atoms with van der Waals surface area (Å²) in [6, 6.07) is 4.94. The van der Waals surface area contributed by atoms with Gasteiger partial charge in [0, 0.05) is 19.0 Å². The number of ether oxygens (including phenoxy) is 2. The summed E-state index contributed by atoms with van der Waals surface area (Å²) in [6.07, 6.45) is 9.08. The van der Waals surface area contributed by atoms with E-state index in [1.165, 1.54) is 44.1 Å². The van der Waals surface area contributed by atoms with Crippen LogP contribution in [-0.2, 0) is 6.54 Å². The Morgan fingerprint density at radius 3 is 2.57 bits per heavy atom. The highest BCUT2D eigenvalue weighted by Crippen LogP contribution is 2.38. The van der Waals surface area contributed by atoms with E-state index in [1.807, 2.05) is 0 Å². The van der Waals surface area contributed by atoms with Crippen molar-refractivity contribution >= 4 is 15.9 Å².